The van der Waals surface area contributed by atoms with Crippen molar-refractivity contribution in [3.05, 3.63) is 52.7 Å². The van der Waals surface area contributed by atoms with E-state index in [1.165, 1.54) is 0 Å². The summed E-state index contributed by atoms with van der Waals surface area (Å²) < 4.78 is 37.6. The van der Waals surface area contributed by atoms with Crippen molar-refractivity contribution in [1.82, 2.24) is 9.88 Å². The van der Waals surface area contributed by atoms with Crippen molar-refractivity contribution in [1.29, 1.82) is 0 Å². The Morgan fingerprint density at radius 1 is 1.06 bits per heavy atom. The average Bonchev–Trinajstić information content (AvgIpc) is 3.06. The molecule has 188 valence electrons. The number of methoxy groups -OCH3 is 2. The van der Waals surface area contributed by atoms with Gasteiger partial charge in [-0.15, -0.1) is 0 Å². The Balaban J connectivity index is 1.82. The molecule has 2 aromatic rings. The SMILES string of the molecule is COCCN(CCOC)C(=O)CC1CC(=O)C(c2c(C)cc(-c3ncc(F)cc3F)cc2C)C1=O. The zero-order valence-electron chi connectivity index (χ0n) is 20.4. The molecule has 1 aliphatic carbocycles. The molecule has 1 fully saturated rings. The monoisotopic (exact) mass is 488 g/mol. The first-order valence-corrected chi connectivity index (χ1v) is 11.4. The molecule has 1 heterocycles. The normalized spacial score (nSPS) is 17.8. The van der Waals surface area contributed by atoms with Gasteiger partial charge >= 0.3 is 0 Å². The van der Waals surface area contributed by atoms with E-state index in [1.54, 1.807) is 45.1 Å². The lowest BCUT2D eigenvalue weighted by Gasteiger charge is -2.23. The second-order valence-corrected chi connectivity index (χ2v) is 8.78. The number of rotatable bonds is 10. The number of aromatic nitrogens is 1. The summed E-state index contributed by atoms with van der Waals surface area (Å²) in [7, 11) is 3.08. The van der Waals surface area contributed by atoms with Crippen molar-refractivity contribution >= 4 is 17.5 Å². The molecule has 0 spiro atoms. The molecule has 7 nitrogen and oxygen atoms in total. The Bertz CT molecular complexity index is 1090. The van der Waals surface area contributed by atoms with Crippen LogP contribution in [0.5, 0.6) is 0 Å². The Labute approximate surface area is 203 Å². The van der Waals surface area contributed by atoms with Crippen LogP contribution in [0.15, 0.2) is 24.4 Å². The van der Waals surface area contributed by atoms with Crippen LogP contribution in [0.25, 0.3) is 11.3 Å². The number of ether oxygens (including phenoxy) is 2. The van der Waals surface area contributed by atoms with Crippen LogP contribution in [0.3, 0.4) is 0 Å². The van der Waals surface area contributed by atoms with Crippen molar-refractivity contribution in [2.75, 3.05) is 40.5 Å². The highest BCUT2D eigenvalue weighted by Crippen LogP contribution is 2.39. The number of hydrogen-bond donors (Lipinski definition) is 0. The highest BCUT2D eigenvalue weighted by molar-refractivity contribution is 6.15. The van der Waals surface area contributed by atoms with Gasteiger partial charge < -0.3 is 14.4 Å². The molecule has 0 aliphatic heterocycles. The molecule has 0 radical (unpaired) electrons. The third kappa shape index (κ3) is 5.97. The van der Waals surface area contributed by atoms with Crippen molar-refractivity contribution in [2.24, 2.45) is 5.92 Å². The maximum Gasteiger partial charge on any atom is 0.223 e. The van der Waals surface area contributed by atoms with E-state index in [-0.39, 0.29) is 36.0 Å². The summed E-state index contributed by atoms with van der Waals surface area (Å²) >= 11 is 0. The summed E-state index contributed by atoms with van der Waals surface area (Å²) in [5.41, 5.74) is 2.25. The number of amides is 1. The van der Waals surface area contributed by atoms with E-state index in [0.29, 0.717) is 48.6 Å². The van der Waals surface area contributed by atoms with Gasteiger partial charge in [0.1, 0.15) is 23.2 Å². The quantitative estimate of drug-likeness (QED) is 0.477. The summed E-state index contributed by atoms with van der Waals surface area (Å²) in [6, 6.07) is 4.04. The molecule has 1 amide bonds. The maximum absolute atomic E-state index is 14.3. The van der Waals surface area contributed by atoms with Gasteiger partial charge in [0.05, 0.1) is 19.4 Å². The Hall–Kier alpha value is -3.04. The second-order valence-electron chi connectivity index (χ2n) is 8.78. The number of hydrogen-bond acceptors (Lipinski definition) is 6. The van der Waals surface area contributed by atoms with Gasteiger partial charge in [0.25, 0.3) is 0 Å². The predicted molar refractivity (Wildman–Crippen MR) is 125 cm³/mol. The number of halogens is 2. The summed E-state index contributed by atoms with van der Waals surface area (Å²) in [5.74, 6) is -4.00. The largest absolute Gasteiger partial charge is 0.383 e. The molecular formula is C26H30F2N2O5. The lowest BCUT2D eigenvalue weighted by molar-refractivity contribution is -0.136. The number of nitrogens with zero attached hydrogens (tertiary/aromatic N) is 2. The minimum Gasteiger partial charge on any atom is -0.383 e. The fourth-order valence-corrected chi connectivity index (χ4v) is 4.63. The Morgan fingerprint density at radius 2 is 1.66 bits per heavy atom. The first-order valence-electron chi connectivity index (χ1n) is 11.4. The third-order valence-electron chi connectivity index (χ3n) is 6.32. The molecule has 2 unspecified atom stereocenters. The molecule has 0 bridgehead atoms. The Kier molecular flexibility index (Phi) is 8.80. The number of carbonyl (C=O) groups is 3. The highest BCUT2D eigenvalue weighted by atomic mass is 19.1. The standard InChI is InChI=1S/C26H30F2N2O5/c1-15-9-17(25-20(28)13-19(27)14-29-25)10-16(2)23(15)24-21(31)11-18(26(24)33)12-22(32)30(5-7-34-3)6-8-35-4/h9-10,13-14,18,24H,5-8,11-12H2,1-4H3. The zero-order chi connectivity index (χ0) is 25.7. The van der Waals surface area contributed by atoms with E-state index < -0.39 is 23.5 Å². The van der Waals surface area contributed by atoms with Gasteiger partial charge in [0, 0.05) is 57.7 Å². The number of carbonyl (C=O) groups excluding carboxylic acids is 3. The predicted octanol–water partition coefficient (Wildman–Crippen LogP) is 3.40. The van der Waals surface area contributed by atoms with Gasteiger partial charge in [-0.05, 0) is 42.7 Å². The third-order valence-corrected chi connectivity index (χ3v) is 6.32. The van der Waals surface area contributed by atoms with Crippen molar-refractivity contribution in [3.8, 4) is 11.3 Å². The molecule has 3 rings (SSSR count). The fourth-order valence-electron chi connectivity index (χ4n) is 4.63. The van der Waals surface area contributed by atoms with Crippen LogP contribution in [-0.2, 0) is 23.9 Å². The van der Waals surface area contributed by atoms with Gasteiger partial charge in [-0.2, -0.15) is 0 Å². The van der Waals surface area contributed by atoms with Crippen molar-refractivity contribution < 1.29 is 32.6 Å². The number of Topliss-reactive ketones (excluding diaryl/α,β-unsaturated/α-hetero) is 2. The highest BCUT2D eigenvalue weighted by Gasteiger charge is 2.44. The van der Waals surface area contributed by atoms with Crippen LogP contribution >= 0.6 is 0 Å². The van der Waals surface area contributed by atoms with Crippen LogP contribution < -0.4 is 0 Å². The first kappa shape index (κ1) is 26.6. The topological polar surface area (TPSA) is 85.8 Å². The Morgan fingerprint density at radius 3 is 2.20 bits per heavy atom. The van der Waals surface area contributed by atoms with E-state index in [2.05, 4.69) is 4.98 Å². The minimum atomic E-state index is -0.973. The van der Waals surface area contributed by atoms with Crippen molar-refractivity contribution in [3.63, 3.8) is 0 Å². The van der Waals surface area contributed by atoms with Gasteiger partial charge in [0.2, 0.25) is 5.91 Å². The molecule has 9 heteroatoms. The lowest BCUT2D eigenvalue weighted by atomic mass is 9.85. The molecule has 1 aromatic heterocycles. The summed E-state index contributed by atoms with van der Waals surface area (Å²) in [6.07, 6.45) is 0.868. The smallest absolute Gasteiger partial charge is 0.223 e. The van der Waals surface area contributed by atoms with Gasteiger partial charge in [0.15, 0.2) is 11.6 Å². The van der Waals surface area contributed by atoms with Crippen molar-refractivity contribution in [2.45, 2.75) is 32.6 Å². The number of benzene rings is 1. The van der Waals surface area contributed by atoms with Crippen LogP contribution in [0.1, 0.15) is 35.4 Å². The molecule has 0 N–H and O–H groups in total. The lowest BCUT2D eigenvalue weighted by Crippen LogP contribution is -2.38. The molecule has 0 saturated heterocycles. The van der Waals surface area contributed by atoms with Gasteiger partial charge in [-0.3, -0.25) is 19.4 Å². The summed E-state index contributed by atoms with van der Waals surface area (Å²) in [6.45, 7) is 4.91. The number of ketones is 2. The summed E-state index contributed by atoms with van der Waals surface area (Å²) in [5, 5.41) is 0. The van der Waals surface area contributed by atoms with E-state index in [9.17, 15) is 23.2 Å². The molecule has 1 aromatic carbocycles. The number of aryl methyl sites for hydroxylation is 2. The van der Waals surface area contributed by atoms with E-state index in [4.69, 9.17) is 9.47 Å². The second kappa shape index (κ2) is 11.6. The van der Waals surface area contributed by atoms with Crippen LogP contribution in [0.4, 0.5) is 8.78 Å². The zero-order valence-corrected chi connectivity index (χ0v) is 20.4. The van der Waals surface area contributed by atoms with E-state index in [1.807, 2.05) is 0 Å². The van der Waals surface area contributed by atoms with Crippen LogP contribution in [-0.4, -0.2) is 67.9 Å². The number of pyridine rings is 1. The summed E-state index contributed by atoms with van der Waals surface area (Å²) in [4.78, 5) is 44.5. The van der Waals surface area contributed by atoms with E-state index in [0.717, 1.165) is 12.3 Å². The average molecular weight is 489 g/mol. The first-order chi connectivity index (χ1) is 16.7. The fraction of sp³-hybridized carbons (Fsp3) is 0.462. The molecule has 1 saturated carbocycles. The molecule has 35 heavy (non-hydrogen) atoms. The van der Waals surface area contributed by atoms with Crippen LogP contribution in [0, 0.1) is 31.4 Å². The van der Waals surface area contributed by atoms with Gasteiger partial charge in [-0.25, -0.2) is 8.78 Å². The van der Waals surface area contributed by atoms with E-state index >= 15 is 0 Å². The minimum absolute atomic E-state index is 0.00753. The van der Waals surface area contributed by atoms with Crippen LogP contribution in [0.2, 0.25) is 0 Å². The maximum atomic E-state index is 14.3. The molecule has 2 atom stereocenters. The van der Waals surface area contributed by atoms with Gasteiger partial charge in [-0.1, -0.05) is 0 Å². The molecule has 1 aliphatic rings. The molecular weight excluding hydrogens is 458 g/mol.